The van der Waals surface area contributed by atoms with Crippen LogP contribution in [0.4, 0.5) is 8.78 Å². The van der Waals surface area contributed by atoms with Crippen molar-refractivity contribution in [1.29, 1.82) is 0 Å². The highest BCUT2D eigenvalue weighted by Gasteiger charge is 2.15. The van der Waals surface area contributed by atoms with Gasteiger partial charge in [-0.1, -0.05) is 6.07 Å². The fraction of sp³-hybridized carbons (Fsp3) is 0.200. The van der Waals surface area contributed by atoms with Crippen LogP contribution in [-0.4, -0.2) is 7.11 Å². The van der Waals surface area contributed by atoms with E-state index in [0.717, 1.165) is 22.2 Å². The minimum absolute atomic E-state index is 0.235. The Morgan fingerprint density at radius 3 is 2.62 bits per heavy atom. The molecule has 0 bridgehead atoms. The molecule has 1 unspecified atom stereocenters. The third kappa shape index (κ3) is 3.78. The molecule has 0 spiro atoms. The van der Waals surface area contributed by atoms with E-state index in [1.165, 1.54) is 6.07 Å². The predicted molar refractivity (Wildman–Crippen MR) is 80.8 cm³/mol. The van der Waals surface area contributed by atoms with Crippen LogP contribution < -0.4 is 16.0 Å². The third-order valence-electron chi connectivity index (χ3n) is 3.21. The van der Waals surface area contributed by atoms with Gasteiger partial charge in [-0.25, -0.2) is 8.78 Å². The topological polar surface area (TPSA) is 47.3 Å². The normalized spacial score (nSPS) is 12.2. The minimum Gasteiger partial charge on any atom is -0.496 e. The van der Waals surface area contributed by atoms with Gasteiger partial charge in [-0.05, 0) is 63.8 Å². The summed E-state index contributed by atoms with van der Waals surface area (Å²) in [5.41, 5.74) is 3.74. The highest BCUT2D eigenvalue weighted by atomic mass is 79.9. The van der Waals surface area contributed by atoms with Gasteiger partial charge in [0, 0.05) is 0 Å². The molecule has 3 nitrogen and oxygen atoms in total. The van der Waals surface area contributed by atoms with Crippen molar-refractivity contribution < 1.29 is 13.5 Å². The van der Waals surface area contributed by atoms with Gasteiger partial charge in [0.15, 0.2) is 0 Å². The Hall–Kier alpha value is -1.50. The SMILES string of the molecule is COc1ccc(C(Cc2cc(F)ccc2F)NN)cc1Br. The average Bonchev–Trinajstić information content (AvgIpc) is 2.48. The lowest BCUT2D eigenvalue weighted by atomic mass is 9.99. The number of hydrazine groups is 1. The maximum absolute atomic E-state index is 13.7. The van der Waals surface area contributed by atoms with E-state index in [0.29, 0.717) is 5.75 Å². The van der Waals surface area contributed by atoms with Crippen LogP contribution in [0.25, 0.3) is 0 Å². The van der Waals surface area contributed by atoms with E-state index in [4.69, 9.17) is 10.6 Å². The van der Waals surface area contributed by atoms with Gasteiger partial charge in [-0.3, -0.25) is 11.3 Å². The van der Waals surface area contributed by atoms with Gasteiger partial charge in [0.1, 0.15) is 17.4 Å². The molecule has 0 saturated carbocycles. The third-order valence-corrected chi connectivity index (χ3v) is 3.83. The first kappa shape index (κ1) is 15.9. The number of nitrogens with one attached hydrogen (secondary N) is 1. The summed E-state index contributed by atoms with van der Waals surface area (Å²) in [4.78, 5) is 0. The van der Waals surface area contributed by atoms with Crippen molar-refractivity contribution in [3.63, 3.8) is 0 Å². The van der Waals surface area contributed by atoms with Crippen molar-refractivity contribution in [1.82, 2.24) is 5.43 Å². The summed E-state index contributed by atoms with van der Waals surface area (Å²) >= 11 is 3.39. The molecule has 0 aliphatic rings. The van der Waals surface area contributed by atoms with Crippen molar-refractivity contribution in [2.45, 2.75) is 12.5 Å². The molecule has 2 aromatic carbocycles. The zero-order chi connectivity index (χ0) is 15.4. The lowest BCUT2D eigenvalue weighted by Gasteiger charge is -2.18. The van der Waals surface area contributed by atoms with Gasteiger partial charge in [0.25, 0.3) is 0 Å². The molecule has 0 aliphatic heterocycles. The lowest BCUT2D eigenvalue weighted by molar-refractivity contribution is 0.411. The summed E-state index contributed by atoms with van der Waals surface area (Å²) in [6.45, 7) is 0. The van der Waals surface area contributed by atoms with Crippen molar-refractivity contribution in [2.75, 3.05) is 7.11 Å². The highest BCUT2D eigenvalue weighted by molar-refractivity contribution is 9.10. The number of hydrogen-bond acceptors (Lipinski definition) is 3. The molecular formula is C15H15BrF2N2O. The maximum Gasteiger partial charge on any atom is 0.133 e. The lowest BCUT2D eigenvalue weighted by Crippen LogP contribution is -2.29. The van der Waals surface area contributed by atoms with E-state index in [1.54, 1.807) is 13.2 Å². The number of nitrogens with two attached hydrogens (primary N) is 1. The van der Waals surface area contributed by atoms with Gasteiger partial charge in [-0.2, -0.15) is 0 Å². The summed E-state index contributed by atoms with van der Waals surface area (Å²) < 4.78 is 32.9. The van der Waals surface area contributed by atoms with Crippen LogP contribution in [0, 0.1) is 11.6 Å². The summed E-state index contributed by atoms with van der Waals surface area (Å²) in [6.07, 6.45) is 0.235. The second kappa shape index (κ2) is 6.98. The smallest absolute Gasteiger partial charge is 0.133 e. The number of rotatable bonds is 5. The van der Waals surface area contributed by atoms with Gasteiger partial charge in [-0.15, -0.1) is 0 Å². The van der Waals surface area contributed by atoms with Gasteiger partial charge < -0.3 is 4.74 Å². The molecule has 112 valence electrons. The molecule has 6 heteroatoms. The molecule has 0 amide bonds. The second-order valence-corrected chi connectivity index (χ2v) is 5.41. The largest absolute Gasteiger partial charge is 0.496 e. The molecule has 0 heterocycles. The van der Waals surface area contributed by atoms with Crippen LogP contribution >= 0.6 is 15.9 Å². The standard InChI is InChI=1S/C15H15BrF2N2O/c1-21-15-5-2-9(7-12(15)16)14(20-19)8-10-6-11(17)3-4-13(10)18/h2-7,14,20H,8,19H2,1H3. The Bertz CT molecular complexity index is 637. The number of ether oxygens (including phenoxy) is 1. The first-order valence-corrected chi connectivity index (χ1v) is 7.08. The zero-order valence-electron chi connectivity index (χ0n) is 11.4. The van der Waals surface area contributed by atoms with E-state index in [-0.39, 0.29) is 18.0 Å². The maximum atomic E-state index is 13.7. The summed E-state index contributed by atoms with van der Waals surface area (Å²) in [5.74, 6) is 5.31. The minimum atomic E-state index is -0.474. The monoisotopic (exact) mass is 356 g/mol. The number of methoxy groups -OCH3 is 1. The van der Waals surface area contributed by atoms with E-state index in [1.807, 2.05) is 12.1 Å². The van der Waals surface area contributed by atoms with Crippen LogP contribution in [0.3, 0.4) is 0 Å². The van der Waals surface area contributed by atoms with Crippen LogP contribution in [0.5, 0.6) is 5.75 Å². The quantitative estimate of drug-likeness (QED) is 0.636. The van der Waals surface area contributed by atoms with Crippen molar-refractivity contribution in [3.8, 4) is 5.75 Å². The molecule has 21 heavy (non-hydrogen) atoms. The highest BCUT2D eigenvalue weighted by Crippen LogP contribution is 2.29. The fourth-order valence-corrected chi connectivity index (χ4v) is 2.65. The van der Waals surface area contributed by atoms with Crippen molar-refractivity contribution in [2.24, 2.45) is 5.84 Å². The van der Waals surface area contributed by atoms with Gasteiger partial charge in [0.05, 0.1) is 17.6 Å². The van der Waals surface area contributed by atoms with Crippen molar-refractivity contribution >= 4 is 15.9 Å². The summed E-state index contributed by atoms with van der Waals surface area (Å²) in [5, 5.41) is 0. The van der Waals surface area contributed by atoms with Crippen molar-refractivity contribution in [3.05, 3.63) is 63.6 Å². The average molecular weight is 357 g/mol. The molecular weight excluding hydrogens is 342 g/mol. The predicted octanol–water partition coefficient (Wildman–Crippen LogP) is 3.48. The Balaban J connectivity index is 2.27. The summed E-state index contributed by atoms with van der Waals surface area (Å²) in [6, 6.07) is 8.48. The first-order valence-electron chi connectivity index (χ1n) is 6.28. The van der Waals surface area contributed by atoms with E-state index in [9.17, 15) is 8.78 Å². The molecule has 2 aromatic rings. The molecule has 0 fully saturated rings. The Morgan fingerprint density at radius 2 is 2.00 bits per heavy atom. The molecule has 1 atom stereocenters. The summed E-state index contributed by atoms with van der Waals surface area (Å²) in [7, 11) is 1.57. The second-order valence-electron chi connectivity index (χ2n) is 4.55. The number of benzene rings is 2. The van der Waals surface area contributed by atoms with Gasteiger partial charge >= 0.3 is 0 Å². The fourth-order valence-electron chi connectivity index (χ4n) is 2.09. The van der Waals surface area contributed by atoms with Crippen LogP contribution in [0.1, 0.15) is 17.2 Å². The Kier molecular flexibility index (Phi) is 5.27. The molecule has 2 rings (SSSR count). The van der Waals surface area contributed by atoms with Gasteiger partial charge in [0.2, 0.25) is 0 Å². The number of hydrogen-bond donors (Lipinski definition) is 2. The number of halogens is 3. The zero-order valence-corrected chi connectivity index (χ0v) is 13.0. The first-order chi connectivity index (χ1) is 10.0. The van der Waals surface area contributed by atoms with Crippen LogP contribution in [0.2, 0.25) is 0 Å². The van der Waals surface area contributed by atoms with E-state index in [2.05, 4.69) is 21.4 Å². The van der Waals surface area contributed by atoms with Crippen LogP contribution in [0.15, 0.2) is 40.9 Å². The Labute approximate surface area is 130 Å². The molecule has 3 N–H and O–H groups in total. The molecule has 0 radical (unpaired) electrons. The molecule has 0 aliphatic carbocycles. The molecule has 0 aromatic heterocycles. The Morgan fingerprint density at radius 1 is 1.24 bits per heavy atom. The van der Waals surface area contributed by atoms with Crippen LogP contribution in [-0.2, 0) is 6.42 Å². The van der Waals surface area contributed by atoms with E-state index >= 15 is 0 Å². The molecule has 0 saturated heterocycles. The van der Waals surface area contributed by atoms with E-state index < -0.39 is 11.6 Å².